The van der Waals surface area contributed by atoms with Gasteiger partial charge in [0.15, 0.2) is 0 Å². The molecule has 1 heterocycles. The Bertz CT molecular complexity index is 843. The minimum absolute atomic E-state index is 0.0991. The molecule has 2 aromatic carbocycles. The fourth-order valence-corrected chi connectivity index (χ4v) is 3.24. The van der Waals surface area contributed by atoms with E-state index in [1.807, 2.05) is 31.2 Å². The van der Waals surface area contributed by atoms with Gasteiger partial charge in [-0.05, 0) is 41.8 Å². The topological polar surface area (TPSA) is 75.7 Å². The van der Waals surface area contributed by atoms with E-state index in [1.54, 1.807) is 31.4 Å². The third-order valence-corrected chi connectivity index (χ3v) is 4.94. The Morgan fingerprint density at radius 3 is 2.18 bits per heavy atom. The van der Waals surface area contributed by atoms with Gasteiger partial charge >= 0.3 is 0 Å². The van der Waals surface area contributed by atoms with Gasteiger partial charge in [0.25, 0.3) is 5.91 Å². The predicted molar refractivity (Wildman–Crippen MR) is 105 cm³/mol. The standard InChI is InChI=1S/C22H24N2O4/c1-3-19(16-8-10-18(28-2)11-9-16)23-22(27)17-6-4-15(5-7-17)14-24-20(25)12-13-21(24)26/h4-11,19H,3,12-14H2,1-2H3,(H,23,27)/t19-/m0/s1. The second-order valence-corrected chi connectivity index (χ2v) is 6.78. The molecule has 28 heavy (non-hydrogen) atoms. The molecule has 146 valence electrons. The van der Waals surface area contributed by atoms with Crippen molar-refractivity contribution in [3.05, 3.63) is 65.2 Å². The molecule has 1 aliphatic rings. The summed E-state index contributed by atoms with van der Waals surface area (Å²) in [5.74, 6) is 0.326. The molecule has 1 fully saturated rings. The molecule has 0 spiro atoms. The van der Waals surface area contributed by atoms with Gasteiger partial charge in [0, 0.05) is 18.4 Å². The largest absolute Gasteiger partial charge is 0.497 e. The van der Waals surface area contributed by atoms with E-state index in [0.717, 1.165) is 23.3 Å². The van der Waals surface area contributed by atoms with Crippen LogP contribution in [0.5, 0.6) is 5.75 Å². The van der Waals surface area contributed by atoms with Crippen LogP contribution >= 0.6 is 0 Å². The summed E-state index contributed by atoms with van der Waals surface area (Å²) in [5.41, 5.74) is 2.37. The first kappa shape index (κ1) is 19.6. The predicted octanol–water partition coefficient (Wildman–Crippen LogP) is 3.23. The van der Waals surface area contributed by atoms with Gasteiger partial charge in [-0.1, -0.05) is 31.2 Å². The number of carbonyl (C=O) groups is 3. The SMILES string of the molecule is CC[C@H](NC(=O)c1ccc(CN2C(=O)CCC2=O)cc1)c1ccc(OC)cc1. The Morgan fingerprint density at radius 1 is 1.04 bits per heavy atom. The molecular formula is C22H24N2O4. The summed E-state index contributed by atoms with van der Waals surface area (Å²) in [7, 11) is 1.62. The van der Waals surface area contributed by atoms with Gasteiger partial charge in [0.05, 0.1) is 19.7 Å². The van der Waals surface area contributed by atoms with E-state index in [0.29, 0.717) is 5.56 Å². The van der Waals surface area contributed by atoms with Gasteiger partial charge < -0.3 is 10.1 Å². The molecule has 3 rings (SSSR count). The fourth-order valence-electron chi connectivity index (χ4n) is 3.24. The Morgan fingerprint density at radius 2 is 1.64 bits per heavy atom. The second kappa shape index (κ2) is 8.69. The number of nitrogens with zero attached hydrogens (tertiary/aromatic N) is 1. The highest BCUT2D eigenvalue weighted by Crippen LogP contribution is 2.21. The summed E-state index contributed by atoms with van der Waals surface area (Å²) in [6.07, 6.45) is 1.32. The minimum atomic E-state index is -0.164. The van der Waals surface area contributed by atoms with Gasteiger partial charge in [-0.25, -0.2) is 0 Å². The lowest BCUT2D eigenvalue weighted by atomic mass is 10.0. The number of imide groups is 1. The third-order valence-electron chi connectivity index (χ3n) is 4.94. The van der Waals surface area contributed by atoms with Crippen molar-refractivity contribution < 1.29 is 19.1 Å². The highest BCUT2D eigenvalue weighted by Gasteiger charge is 2.28. The van der Waals surface area contributed by atoms with Crippen molar-refractivity contribution in [3.8, 4) is 5.75 Å². The van der Waals surface area contributed by atoms with Crippen molar-refractivity contribution in [2.75, 3.05) is 7.11 Å². The number of hydrogen-bond donors (Lipinski definition) is 1. The zero-order chi connectivity index (χ0) is 20.1. The molecule has 1 N–H and O–H groups in total. The lowest BCUT2D eigenvalue weighted by Gasteiger charge is -2.18. The summed E-state index contributed by atoms with van der Waals surface area (Å²) in [5, 5.41) is 3.05. The van der Waals surface area contributed by atoms with Crippen LogP contribution in [0.1, 0.15) is 53.7 Å². The van der Waals surface area contributed by atoms with E-state index in [2.05, 4.69) is 5.32 Å². The van der Waals surface area contributed by atoms with E-state index in [-0.39, 0.29) is 43.1 Å². The van der Waals surface area contributed by atoms with E-state index < -0.39 is 0 Å². The molecule has 6 nitrogen and oxygen atoms in total. The van der Waals surface area contributed by atoms with E-state index in [9.17, 15) is 14.4 Å². The monoisotopic (exact) mass is 380 g/mol. The number of methoxy groups -OCH3 is 1. The van der Waals surface area contributed by atoms with Crippen molar-refractivity contribution in [2.45, 2.75) is 38.8 Å². The van der Waals surface area contributed by atoms with Crippen molar-refractivity contribution in [2.24, 2.45) is 0 Å². The summed E-state index contributed by atoms with van der Waals surface area (Å²) >= 11 is 0. The van der Waals surface area contributed by atoms with Crippen LogP contribution in [0.2, 0.25) is 0 Å². The number of nitrogens with one attached hydrogen (secondary N) is 1. The van der Waals surface area contributed by atoms with Crippen LogP contribution in [-0.4, -0.2) is 29.7 Å². The maximum Gasteiger partial charge on any atom is 0.251 e. The molecule has 0 unspecified atom stereocenters. The summed E-state index contributed by atoms with van der Waals surface area (Å²) in [6.45, 7) is 2.27. The van der Waals surface area contributed by atoms with Crippen LogP contribution in [0.25, 0.3) is 0 Å². The Balaban J connectivity index is 1.64. The van der Waals surface area contributed by atoms with Crippen LogP contribution in [-0.2, 0) is 16.1 Å². The van der Waals surface area contributed by atoms with Crippen molar-refractivity contribution in [1.29, 1.82) is 0 Å². The number of amides is 3. The quantitative estimate of drug-likeness (QED) is 0.749. The molecule has 0 aliphatic carbocycles. The Hall–Kier alpha value is -3.15. The van der Waals surface area contributed by atoms with Crippen molar-refractivity contribution >= 4 is 17.7 Å². The van der Waals surface area contributed by atoms with Crippen LogP contribution in [0.15, 0.2) is 48.5 Å². The highest BCUT2D eigenvalue weighted by molar-refractivity contribution is 6.01. The van der Waals surface area contributed by atoms with Crippen LogP contribution in [0.4, 0.5) is 0 Å². The maximum absolute atomic E-state index is 12.6. The lowest BCUT2D eigenvalue weighted by molar-refractivity contribution is -0.139. The Labute approximate surface area is 164 Å². The molecule has 1 aliphatic heterocycles. The molecule has 0 saturated carbocycles. The zero-order valence-electron chi connectivity index (χ0n) is 16.1. The fraction of sp³-hybridized carbons (Fsp3) is 0.318. The molecule has 3 amide bonds. The molecule has 6 heteroatoms. The molecule has 0 bridgehead atoms. The van der Waals surface area contributed by atoms with Crippen LogP contribution in [0, 0.1) is 0 Å². The smallest absolute Gasteiger partial charge is 0.251 e. The van der Waals surface area contributed by atoms with Crippen LogP contribution < -0.4 is 10.1 Å². The third kappa shape index (κ3) is 4.39. The number of benzene rings is 2. The number of ether oxygens (including phenoxy) is 1. The summed E-state index contributed by atoms with van der Waals surface area (Å²) < 4.78 is 5.17. The minimum Gasteiger partial charge on any atom is -0.497 e. The summed E-state index contributed by atoms with van der Waals surface area (Å²) in [6, 6.07) is 14.5. The zero-order valence-corrected chi connectivity index (χ0v) is 16.1. The van der Waals surface area contributed by atoms with Gasteiger partial charge in [-0.2, -0.15) is 0 Å². The molecule has 0 radical (unpaired) electrons. The van der Waals surface area contributed by atoms with Crippen molar-refractivity contribution in [3.63, 3.8) is 0 Å². The van der Waals surface area contributed by atoms with Gasteiger partial charge in [0.1, 0.15) is 5.75 Å². The highest BCUT2D eigenvalue weighted by atomic mass is 16.5. The van der Waals surface area contributed by atoms with E-state index >= 15 is 0 Å². The summed E-state index contributed by atoms with van der Waals surface area (Å²) in [4.78, 5) is 37.3. The Kier molecular flexibility index (Phi) is 6.09. The van der Waals surface area contributed by atoms with E-state index in [4.69, 9.17) is 4.74 Å². The van der Waals surface area contributed by atoms with Crippen LogP contribution in [0.3, 0.4) is 0 Å². The van der Waals surface area contributed by atoms with Crippen molar-refractivity contribution in [1.82, 2.24) is 10.2 Å². The maximum atomic E-state index is 12.6. The molecule has 1 saturated heterocycles. The normalized spacial score (nSPS) is 14.9. The number of likely N-dealkylation sites (tertiary alicyclic amines) is 1. The van der Waals surface area contributed by atoms with Gasteiger partial charge in [-0.15, -0.1) is 0 Å². The lowest BCUT2D eigenvalue weighted by Crippen LogP contribution is -2.29. The van der Waals surface area contributed by atoms with Gasteiger partial charge in [0.2, 0.25) is 11.8 Å². The first-order valence-electron chi connectivity index (χ1n) is 9.38. The first-order valence-corrected chi connectivity index (χ1v) is 9.38. The second-order valence-electron chi connectivity index (χ2n) is 6.78. The molecular weight excluding hydrogens is 356 g/mol. The molecule has 2 aromatic rings. The molecule has 0 aromatic heterocycles. The number of hydrogen-bond acceptors (Lipinski definition) is 4. The molecule has 1 atom stereocenters. The van der Waals surface area contributed by atoms with Gasteiger partial charge in [-0.3, -0.25) is 19.3 Å². The van der Waals surface area contributed by atoms with E-state index in [1.165, 1.54) is 4.90 Å². The number of carbonyl (C=O) groups excluding carboxylic acids is 3. The average Bonchev–Trinajstić information content (AvgIpc) is 3.04. The average molecular weight is 380 g/mol. The first-order chi connectivity index (χ1) is 13.5. The number of rotatable bonds is 7.